The van der Waals surface area contributed by atoms with Crippen molar-refractivity contribution in [3.63, 3.8) is 0 Å². The first-order valence-electron chi connectivity index (χ1n) is 7.53. The number of rotatable bonds is 1. The van der Waals surface area contributed by atoms with Crippen LogP contribution in [-0.2, 0) is 4.79 Å². The van der Waals surface area contributed by atoms with Crippen LogP contribution in [-0.4, -0.2) is 35.3 Å². The molecule has 3 rings (SSSR count). The maximum absolute atomic E-state index is 12.9. The van der Waals surface area contributed by atoms with Crippen LogP contribution in [0.5, 0.6) is 0 Å². The number of fused-ring (bicyclic) bond motifs is 1. The van der Waals surface area contributed by atoms with E-state index in [1.807, 2.05) is 13.0 Å². The number of carbonyl (C=O) groups is 2. The molecule has 2 fully saturated rings. The van der Waals surface area contributed by atoms with Crippen molar-refractivity contribution in [2.24, 2.45) is 0 Å². The molecule has 0 aromatic heterocycles. The molecule has 1 saturated heterocycles. The SMILES string of the molecule is Cc1ccc(N)cc1C(=O)N1CC(=O)NC2CCCCC21. The maximum Gasteiger partial charge on any atom is 0.254 e. The molecule has 1 aromatic rings. The average molecular weight is 287 g/mol. The second kappa shape index (κ2) is 5.39. The van der Waals surface area contributed by atoms with Gasteiger partial charge in [-0.1, -0.05) is 18.9 Å². The number of hydrogen-bond donors (Lipinski definition) is 2. The molecule has 2 unspecified atom stereocenters. The van der Waals surface area contributed by atoms with E-state index in [4.69, 9.17) is 5.73 Å². The van der Waals surface area contributed by atoms with Crippen molar-refractivity contribution >= 4 is 17.5 Å². The van der Waals surface area contributed by atoms with Gasteiger partial charge in [0.25, 0.3) is 5.91 Å². The third-order valence-electron chi connectivity index (χ3n) is 4.54. The molecular weight excluding hydrogens is 266 g/mol. The number of hydrogen-bond acceptors (Lipinski definition) is 3. The van der Waals surface area contributed by atoms with E-state index in [1.165, 1.54) is 0 Å². The Morgan fingerprint density at radius 2 is 2.10 bits per heavy atom. The van der Waals surface area contributed by atoms with Crippen LogP contribution in [0.25, 0.3) is 0 Å². The van der Waals surface area contributed by atoms with E-state index < -0.39 is 0 Å². The van der Waals surface area contributed by atoms with Crippen LogP contribution < -0.4 is 11.1 Å². The highest BCUT2D eigenvalue weighted by Crippen LogP contribution is 2.28. The Balaban J connectivity index is 1.91. The second-order valence-corrected chi connectivity index (χ2v) is 6.03. The molecule has 0 spiro atoms. The zero-order valence-electron chi connectivity index (χ0n) is 12.3. The number of benzene rings is 1. The molecule has 1 aliphatic heterocycles. The van der Waals surface area contributed by atoms with Gasteiger partial charge < -0.3 is 16.0 Å². The standard InChI is InChI=1S/C16H21N3O2/c1-10-6-7-11(17)8-12(10)16(21)19-9-15(20)18-13-4-2-3-5-14(13)19/h6-8,13-14H,2-5,9,17H2,1H3,(H,18,20). The first-order chi connectivity index (χ1) is 10.1. The number of anilines is 1. The van der Waals surface area contributed by atoms with Gasteiger partial charge in [-0.2, -0.15) is 0 Å². The first-order valence-corrected chi connectivity index (χ1v) is 7.53. The number of carbonyl (C=O) groups excluding carboxylic acids is 2. The van der Waals surface area contributed by atoms with Gasteiger partial charge in [0.15, 0.2) is 0 Å². The molecule has 5 nitrogen and oxygen atoms in total. The van der Waals surface area contributed by atoms with Crippen LogP contribution in [0.1, 0.15) is 41.6 Å². The minimum atomic E-state index is -0.0773. The Bertz CT molecular complexity index is 585. The minimum absolute atomic E-state index is 0.0620. The summed E-state index contributed by atoms with van der Waals surface area (Å²) in [6, 6.07) is 5.57. The van der Waals surface area contributed by atoms with Crippen LogP contribution in [0, 0.1) is 6.92 Å². The fraction of sp³-hybridized carbons (Fsp3) is 0.500. The summed E-state index contributed by atoms with van der Waals surface area (Å²) in [7, 11) is 0. The molecule has 0 bridgehead atoms. The number of nitrogens with zero attached hydrogens (tertiary/aromatic N) is 1. The molecule has 2 atom stereocenters. The van der Waals surface area contributed by atoms with Gasteiger partial charge in [-0.3, -0.25) is 9.59 Å². The predicted octanol–water partition coefficient (Wildman–Crippen LogP) is 1.46. The monoisotopic (exact) mass is 287 g/mol. The van der Waals surface area contributed by atoms with Crippen molar-refractivity contribution in [1.82, 2.24) is 10.2 Å². The van der Waals surface area contributed by atoms with Gasteiger partial charge >= 0.3 is 0 Å². The molecule has 1 heterocycles. The van der Waals surface area contributed by atoms with E-state index in [0.29, 0.717) is 11.3 Å². The molecule has 5 heteroatoms. The molecule has 21 heavy (non-hydrogen) atoms. The number of aryl methyl sites for hydroxylation is 1. The first kappa shape index (κ1) is 13.9. The summed E-state index contributed by atoms with van der Waals surface area (Å²) < 4.78 is 0. The molecule has 0 radical (unpaired) electrons. The van der Waals surface area contributed by atoms with Crippen LogP contribution in [0.3, 0.4) is 0 Å². The third-order valence-corrected chi connectivity index (χ3v) is 4.54. The number of nitrogens with two attached hydrogens (primary N) is 1. The third kappa shape index (κ3) is 2.60. The lowest BCUT2D eigenvalue weighted by Gasteiger charge is -2.44. The summed E-state index contributed by atoms with van der Waals surface area (Å²) in [6.07, 6.45) is 4.13. The summed E-state index contributed by atoms with van der Waals surface area (Å²) in [5.41, 5.74) is 7.88. The van der Waals surface area contributed by atoms with Gasteiger partial charge in [-0.15, -0.1) is 0 Å². The van der Waals surface area contributed by atoms with E-state index >= 15 is 0 Å². The lowest BCUT2D eigenvalue weighted by Crippen LogP contribution is -2.62. The smallest absolute Gasteiger partial charge is 0.254 e. The number of piperazine rings is 1. The second-order valence-electron chi connectivity index (χ2n) is 6.03. The Labute approximate surface area is 124 Å². The van der Waals surface area contributed by atoms with E-state index in [1.54, 1.807) is 17.0 Å². The Hall–Kier alpha value is -2.04. The van der Waals surface area contributed by atoms with Gasteiger partial charge in [-0.25, -0.2) is 0 Å². The molecule has 1 aliphatic carbocycles. The van der Waals surface area contributed by atoms with Gasteiger partial charge in [-0.05, 0) is 37.5 Å². The number of nitrogen functional groups attached to an aromatic ring is 1. The average Bonchev–Trinajstić information content (AvgIpc) is 2.48. The summed E-state index contributed by atoms with van der Waals surface area (Å²) in [5.74, 6) is -0.139. The van der Waals surface area contributed by atoms with Crippen molar-refractivity contribution in [2.75, 3.05) is 12.3 Å². The highest BCUT2D eigenvalue weighted by atomic mass is 16.2. The highest BCUT2D eigenvalue weighted by molar-refractivity contribution is 5.99. The van der Waals surface area contributed by atoms with E-state index in [9.17, 15) is 9.59 Å². The van der Waals surface area contributed by atoms with Crippen LogP contribution >= 0.6 is 0 Å². The van der Waals surface area contributed by atoms with Crippen molar-refractivity contribution in [1.29, 1.82) is 0 Å². The minimum Gasteiger partial charge on any atom is -0.399 e. The summed E-state index contributed by atoms with van der Waals surface area (Å²) >= 11 is 0. The quantitative estimate of drug-likeness (QED) is 0.768. The Morgan fingerprint density at radius 3 is 2.90 bits per heavy atom. The van der Waals surface area contributed by atoms with Crippen molar-refractivity contribution in [3.8, 4) is 0 Å². The van der Waals surface area contributed by atoms with Gasteiger partial charge in [0.1, 0.15) is 6.54 Å². The summed E-state index contributed by atoms with van der Waals surface area (Å²) in [6.45, 7) is 2.04. The molecule has 112 valence electrons. The normalized spacial score (nSPS) is 25.2. The highest BCUT2D eigenvalue weighted by Gasteiger charge is 2.39. The topological polar surface area (TPSA) is 75.4 Å². The van der Waals surface area contributed by atoms with Gasteiger partial charge in [0.2, 0.25) is 5.91 Å². The lowest BCUT2D eigenvalue weighted by molar-refractivity contribution is -0.127. The van der Waals surface area contributed by atoms with Crippen LogP contribution in [0.2, 0.25) is 0 Å². The van der Waals surface area contributed by atoms with Crippen LogP contribution in [0.4, 0.5) is 5.69 Å². The largest absolute Gasteiger partial charge is 0.399 e. The maximum atomic E-state index is 12.9. The van der Waals surface area contributed by atoms with E-state index in [-0.39, 0.29) is 30.4 Å². The predicted molar refractivity (Wildman–Crippen MR) is 80.8 cm³/mol. The van der Waals surface area contributed by atoms with Crippen molar-refractivity contribution < 1.29 is 9.59 Å². The Morgan fingerprint density at radius 1 is 1.33 bits per heavy atom. The van der Waals surface area contributed by atoms with Crippen molar-refractivity contribution in [3.05, 3.63) is 29.3 Å². The zero-order valence-corrected chi connectivity index (χ0v) is 12.3. The zero-order chi connectivity index (χ0) is 15.0. The molecule has 1 saturated carbocycles. The van der Waals surface area contributed by atoms with Gasteiger partial charge in [0.05, 0.1) is 6.04 Å². The molecule has 1 aromatic carbocycles. The van der Waals surface area contributed by atoms with E-state index in [0.717, 1.165) is 31.2 Å². The molecule has 2 amide bonds. The summed E-state index contributed by atoms with van der Waals surface area (Å²) in [4.78, 5) is 26.5. The fourth-order valence-corrected chi connectivity index (χ4v) is 3.42. The van der Waals surface area contributed by atoms with Crippen LogP contribution in [0.15, 0.2) is 18.2 Å². The molecule has 3 N–H and O–H groups in total. The molecular formula is C16H21N3O2. The number of amides is 2. The number of nitrogens with one attached hydrogen (secondary N) is 1. The fourth-order valence-electron chi connectivity index (χ4n) is 3.42. The van der Waals surface area contributed by atoms with Crippen molar-refractivity contribution in [2.45, 2.75) is 44.7 Å². The lowest BCUT2D eigenvalue weighted by atomic mass is 9.87. The van der Waals surface area contributed by atoms with Gasteiger partial charge in [0, 0.05) is 17.3 Å². The molecule has 2 aliphatic rings. The summed E-state index contributed by atoms with van der Waals surface area (Å²) in [5, 5.41) is 3.02. The van der Waals surface area contributed by atoms with E-state index in [2.05, 4.69) is 5.32 Å². The Kier molecular flexibility index (Phi) is 3.57.